The molecule has 1 aromatic rings. The lowest BCUT2D eigenvalue weighted by Gasteiger charge is -2.42. The number of pyridine rings is 1. The van der Waals surface area contributed by atoms with Crippen molar-refractivity contribution in [2.24, 2.45) is 0 Å². The first kappa shape index (κ1) is 14.1. The molecule has 18 heavy (non-hydrogen) atoms. The maximum Gasteiger partial charge on any atom is 0.135 e. The Labute approximate surface area is 119 Å². The van der Waals surface area contributed by atoms with Crippen molar-refractivity contribution in [1.82, 2.24) is 14.8 Å². The number of nitrogens with zero attached hydrogens (tertiary/aromatic N) is 3. The monoisotopic (exact) mass is 287 g/mol. The molecule has 3 nitrogen and oxygen atoms in total. The average Bonchev–Trinajstić information content (AvgIpc) is 2.29. The lowest BCUT2D eigenvalue weighted by atomic mass is 10.1. The van der Waals surface area contributed by atoms with E-state index in [-0.39, 0.29) is 0 Å². The number of likely N-dealkylation sites (N-methyl/N-ethyl adjacent to an activating group) is 1. The van der Waals surface area contributed by atoms with Gasteiger partial charge in [-0.1, -0.05) is 29.3 Å². The van der Waals surface area contributed by atoms with E-state index in [1.165, 1.54) is 0 Å². The zero-order valence-corrected chi connectivity index (χ0v) is 12.5. The van der Waals surface area contributed by atoms with Crippen molar-refractivity contribution in [2.45, 2.75) is 32.5 Å². The topological polar surface area (TPSA) is 19.4 Å². The number of halogens is 2. The molecule has 1 aromatic heterocycles. The molecule has 2 unspecified atom stereocenters. The standard InChI is InChI=1S/C13H19Cl2N3/c1-9-6-18(7-10(2)17(9)3)8-11-4-5-12(14)16-13(11)15/h4-5,9-10H,6-8H2,1-3H3. The van der Waals surface area contributed by atoms with Crippen molar-refractivity contribution in [3.05, 3.63) is 28.0 Å². The van der Waals surface area contributed by atoms with Gasteiger partial charge in [0, 0.05) is 37.3 Å². The molecule has 1 fully saturated rings. The van der Waals surface area contributed by atoms with Crippen LogP contribution >= 0.6 is 23.2 Å². The van der Waals surface area contributed by atoms with Gasteiger partial charge in [-0.3, -0.25) is 9.80 Å². The minimum Gasteiger partial charge on any atom is -0.298 e. The molecule has 0 spiro atoms. The molecule has 100 valence electrons. The molecular weight excluding hydrogens is 269 g/mol. The SMILES string of the molecule is CC1CN(Cc2ccc(Cl)nc2Cl)CC(C)N1C. The van der Waals surface area contributed by atoms with Crippen molar-refractivity contribution in [2.75, 3.05) is 20.1 Å². The Kier molecular flexibility index (Phi) is 4.49. The van der Waals surface area contributed by atoms with Crippen LogP contribution in [0.2, 0.25) is 10.3 Å². The summed E-state index contributed by atoms with van der Waals surface area (Å²) in [4.78, 5) is 8.92. The smallest absolute Gasteiger partial charge is 0.135 e. The first-order valence-corrected chi connectivity index (χ1v) is 6.98. The first-order valence-electron chi connectivity index (χ1n) is 6.22. The Hall–Kier alpha value is -0.350. The highest BCUT2D eigenvalue weighted by Gasteiger charge is 2.26. The third-order valence-corrected chi connectivity index (χ3v) is 4.26. The molecule has 1 aliphatic heterocycles. The molecule has 1 aliphatic rings. The minimum atomic E-state index is 0.448. The Morgan fingerprint density at radius 3 is 2.39 bits per heavy atom. The molecule has 0 aliphatic carbocycles. The van der Waals surface area contributed by atoms with Gasteiger partial charge >= 0.3 is 0 Å². The predicted molar refractivity (Wildman–Crippen MR) is 76.2 cm³/mol. The zero-order chi connectivity index (χ0) is 13.3. The maximum absolute atomic E-state index is 6.12. The average molecular weight is 288 g/mol. The largest absolute Gasteiger partial charge is 0.298 e. The van der Waals surface area contributed by atoms with Gasteiger partial charge in [0.25, 0.3) is 0 Å². The van der Waals surface area contributed by atoms with Crippen LogP contribution in [-0.4, -0.2) is 47.0 Å². The summed E-state index contributed by atoms with van der Waals surface area (Å²) in [5.74, 6) is 0. The summed E-state index contributed by atoms with van der Waals surface area (Å²) in [6.07, 6.45) is 0. The van der Waals surface area contributed by atoms with Crippen molar-refractivity contribution in [3.8, 4) is 0 Å². The van der Waals surface area contributed by atoms with E-state index in [4.69, 9.17) is 23.2 Å². The van der Waals surface area contributed by atoms with Gasteiger partial charge in [0.1, 0.15) is 10.3 Å². The summed E-state index contributed by atoms with van der Waals surface area (Å²) in [7, 11) is 2.18. The molecule has 0 aromatic carbocycles. The minimum absolute atomic E-state index is 0.448. The van der Waals surface area contributed by atoms with Crippen LogP contribution in [0.3, 0.4) is 0 Å². The highest BCUT2D eigenvalue weighted by atomic mass is 35.5. The van der Waals surface area contributed by atoms with Gasteiger partial charge in [0.2, 0.25) is 0 Å². The second-order valence-electron chi connectivity index (χ2n) is 5.14. The molecule has 5 heteroatoms. The van der Waals surface area contributed by atoms with Gasteiger partial charge in [0.05, 0.1) is 0 Å². The van der Waals surface area contributed by atoms with Crippen LogP contribution in [0, 0.1) is 0 Å². The summed E-state index contributed by atoms with van der Waals surface area (Å²) < 4.78 is 0. The fraction of sp³-hybridized carbons (Fsp3) is 0.615. The number of aromatic nitrogens is 1. The molecule has 2 rings (SSSR count). The van der Waals surface area contributed by atoms with E-state index in [1.54, 1.807) is 6.07 Å². The number of hydrogen-bond donors (Lipinski definition) is 0. The molecule has 0 amide bonds. The van der Waals surface area contributed by atoms with E-state index in [9.17, 15) is 0 Å². The van der Waals surface area contributed by atoms with Gasteiger partial charge in [0.15, 0.2) is 0 Å². The predicted octanol–water partition coefficient (Wildman–Crippen LogP) is 2.91. The lowest BCUT2D eigenvalue weighted by molar-refractivity contribution is 0.0556. The Morgan fingerprint density at radius 2 is 1.83 bits per heavy atom. The highest BCUT2D eigenvalue weighted by Crippen LogP contribution is 2.21. The molecule has 0 bridgehead atoms. The number of hydrogen-bond acceptors (Lipinski definition) is 3. The van der Waals surface area contributed by atoms with Crippen LogP contribution in [0.25, 0.3) is 0 Å². The second kappa shape index (κ2) is 5.74. The Balaban J connectivity index is 2.05. The van der Waals surface area contributed by atoms with Crippen LogP contribution in [0.15, 0.2) is 12.1 Å². The van der Waals surface area contributed by atoms with Gasteiger partial charge in [-0.2, -0.15) is 0 Å². The zero-order valence-electron chi connectivity index (χ0n) is 11.0. The van der Waals surface area contributed by atoms with E-state index in [0.29, 0.717) is 22.4 Å². The number of piperazine rings is 1. The van der Waals surface area contributed by atoms with Crippen LogP contribution < -0.4 is 0 Å². The van der Waals surface area contributed by atoms with E-state index >= 15 is 0 Å². The molecular formula is C13H19Cl2N3. The van der Waals surface area contributed by atoms with Gasteiger partial charge in [-0.05, 0) is 27.0 Å². The normalized spacial score (nSPS) is 26.5. The number of rotatable bonds is 2. The Bertz CT molecular complexity index is 413. The fourth-order valence-corrected chi connectivity index (χ4v) is 2.85. The summed E-state index contributed by atoms with van der Waals surface area (Å²) in [5.41, 5.74) is 1.05. The van der Waals surface area contributed by atoms with E-state index in [1.807, 2.05) is 6.07 Å². The van der Waals surface area contributed by atoms with E-state index < -0.39 is 0 Å². The van der Waals surface area contributed by atoms with Crippen molar-refractivity contribution in [3.63, 3.8) is 0 Å². The van der Waals surface area contributed by atoms with Crippen molar-refractivity contribution >= 4 is 23.2 Å². The van der Waals surface area contributed by atoms with Gasteiger partial charge in [-0.25, -0.2) is 4.98 Å². The van der Waals surface area contributed by atoms with Gasteiger partial charge in [-0.15, -0.1) is 0 Å². The fourth-order valence-electron chi connectivity index (χ4n) is 2.44. The molecule has 2 atom stereocenters. The summed E-state index contributed by atoms with van der Waals surface area (Å²) in [6, 6.07) is 4.89. The van der Waals surface area contributed by atoms with Crippen LogP contribution in [0.5, 0.6) is 0 Å². The third-order valence-electron chi connectivity index (χ3n) is 3.72. The summed E-state index contributed by atoms with van der Waals surface area (Å²) in [6.45, 7) is 7.46. The van der Waals surface area contributed by atoms with Crippen LogP contribution in [-0.2, 0) is 6.54 Å². The highest BCUT2D eigenvalue weighted by molar-refractivity contribution is 6.32. The lowest BCUT2D eigenvalue weighted by Crippen LogP contribution is -2.54. The molecule has 0 radical (unpaired) electrons. The van der Waals surface area contributed by atoms with Gasteiger partial charge < -0.3 is 0 Å². The van der Waals surface area contributed by atoms with Crippen molar-refractivity contribution in [1.29, 1.82) is 0 Å². The molecule has 2 heterocycles. The second-order valence-corrected chi connectivity index (χ2v) is 5.89. The maximum atomic E-state index is 6.12. The summed E-state index contributed by atoms with van der Waals surface area (Å²) in [5, 5.41) is 0.964. The quantitative estimate of drug-likeness (QED) is 0.780. The first-order chi connectivity index (χ1) is 8.47. The van der Waals surface area contributed by atoms with E-state index in [0.717, 1.165) is 25.2 Å². The van der Waals surface area contributed by atoms with Crippen molar-refractivity contribution < 1.29 is 0 Å². The van der Waals surface area contributed by atoms with Crippen LogP contribution in [0.4, 0.5) is 0 Å². The summed E-state index contributed by atoms with van der Waals surface area (Å²) >= 11 is 11.9. The molecule has 0 saturated carbocycles. The molecule has 0 N–H and O–H groups in total. The van der Waals surface area contributed by atoms with E-state index in [2.05, 4.69) is 35.7 Å². The molecule has 1 saturated heterocycles. The Morgan fingerprint density at radius 1 is 1.22 bits per heavy atom. The third kappa shape index (κ3) is 3.15. The van der Waals surface area contributed by atoms with Crippen LogP contribution in [0.1, 0.15) is 19.4 Å².